The standard InChI is InChI=1S/C17H15N3O/c21-17-12-15(14-8-10-18-11-9-14)19-16(20-17)7-6-13-4-2-1-3-5-13/h1-5,8-12H,6-7H2,(H,19,20,21). The molecule has 0 radical (unpaired) electrons. The maximum absolute atomic E-state index is 11.8. The van der Waals surface area contributed by atoms with E-state index < -0.39 is 0 Å². The third-order valence-electron chi connectivity index (χ3n) is 3.26. The molecule has 1 aromatic carbocycles. The Bertz CT molecular complexity index is 767. The number of benzene rings is 1. The van der Waals surface area contributed by atoms with E-state index in [1.165, 1.54) is 11.6 Å². The van der Waals surface area contributed by atoms with E-state index in [1.54, 1.807) is 12.4 Å². The summed E-state index contributed by atoms with van der Waals surface area (Å²) < 4.78 is 0. The number of aromatic nitrogens is 3. The van der Waals surface area contributed by atoms with Gasteiger partial charge in [0.05, 0.1) is 5.69 Å². The number of rotatable bonds is 4. The van der Waals surface area contributed by atoms with Gasteiger partial charge in [-0.05, 0) is 24.1 Å². The quantitative estimate of drug-likeness (QED) is 0.797. The lowest BCUT2D eigenvalue weighted by atomic mass is 10.1. The van der Waals surface area contributed by atoms with Crippen molar-refractivity contribution >= 4 is 0 Å². The van der Waals surface area contributed by atoms with Crippen LogP contribution in [0.4, 0.5) is 0 Å². The molecule has 104 valence electrons. The van der Waals surface area contributed by atoms with Gasteiger partial charge in [-0.25, -0.2) is 4.98 Å². The van der Waals surface area contributed by atoms with E-state index in [0.717, 1.165) is 12.0 Å². The lowest BCUT2D eigenvalue weighted by molar-refractivity contribution is 0.850. The molecule has 3 rings (SSSR count). The van der Waals surface area contributed by atoms with Crippen molar-refractivity contribution in [3.05, 3.63) is 82.7 Å². The third kappa shape index (κ3) is 3.42. The minimum atomic E-state index is -0.125. The summed E-state index contributed by atoms with van der Waals surface area (Å²) in [4.78, 5) is 23.1. The summed E-state index contributed by atoms with van der Waals surface area (Å²) in [5.41, 5.74) is 2.69. The fourth-order valence-corrected chi connectivity index (χ4v) is 2.20. The molecule has 3 aromatic rings. The zero-order valence-corrected chi connectivity index (χ0v) is 11.5. The van der Waals surface area contributed by atoms with Crippen LogP contribution in [-0.4, -0.2) is 15.0 Å². The zero-order valence-electron chi connectivity index (χ0n) is 11.5. The fourth-order valence-electron chi connectivity index (χ4n) is 2.20. The van der Waals surface area contributed by atoms with Crippen molar-refractivity contribution in [1.29, 1.82) is 0 Å². The summed E-state index contributed by atoms with van der Waals surface area (Å²) in [5.74, 6) is 0.707. The van der Waals surface area contributed by atoms with Crippen molar-refractivity contribution in [1.82, 2.24) is 15.0 Å². The highest BCUT2D eigenvalue weighted by atomic mass is 16.1. The van der Waals surface area contributed by atoms with Gasteiger partial charge >= 0.3 is 0 Å². The molecule has 0 spiro atoms. The monoisotopic (exact) mass is 277 g/mol. The minimum Gasteiger partial charge on any atom is -0.311 e. The predicted octanol–water partition coefficient (Wildman–Crippen LogP) is 2.62. The molecule has 0 unspecified atom stereocenters. The van der Waals surface area contributed by atoms with Gasteiger partial charge in [-0.3, -0.25) is 9.78 Å². The largest absolute Gasteiger partial charge is 0.311 e. The van der Waals surface area contributed by atoms with Crippen LogP contribution >= 0.6 is 0 Å². The van der Waals surface area contributed by atoms with Crippen LogP contribution in [0, 0.1) is 0 Å². The molecule has 0 bridgehead atoms. The van der Waals surface area contributed by atoms with Gasteiger partial charge in [-0.2, -0.15) is 0 Å². The van der Waals surface area contributed by atoms with Crippen LogP contribution in [0.25, 0.3) is 11.3 Å². The Morgan fingerprint density at radius 1 is 0.952 bits per heavy atom. The van der Waals surface area contributed by atoms with Crippen LogP contribution in [0.5, 0.6) is 0 Å². The minimum absolute atomic E-state index is 0.125. The zero-order chi connectivity index (χ0) is 14.5. The van der Waals surface area contributed by atoms with E-state index in [4.69, 9.17) is 0 Å². The first-order valence-corrected chi connectivity index (χ1v) is 6.86. The van der Waals surface area contributed by atoms with Crippen LogP contribution in [0.2, 0.25) is 0 Å². The smallest absolute Gasteiger partial charge is 0.251 e. The summed E-state index contributed by atoms with van der Waals surface area (Å²) in [6.07, 6.45) is 4.95. The number of pyridine rings is 1. The molecule has 0 amide bonds. The second kappa shape index (κ2) is 6.13. The molecule has 0 aliphatic heterocycles. The average Bonchev–Trinajstić information content (AvgIpc) is 2.54. The number of aryl methyl sites for hydroxylation is 2. The number of nitrogens with one attached hydrogen (secondary N) is 1. The highest BCUT2D eigenvalue weighted by molar-refractivity contribution is 5.57. The Morgan fingerprint density at radius 3 is 2.48 bits per heavy atom. The van der Waals surface area contributed by atoms with Gasteiger partial charge in [0.2, 0.25) is 0 Å². The molecule has 0 aliphatic carbocycles. The second-order valence-corrected chi connectivity index (χ2v) is 4.80. The maximum Gasteiger partial charge on any atom is 0.251 e. The first-order valence-electron chi connectivity index (χ1n) is 6.86. The molecule has 2 heterocycles. The Labute approximate surface area is 122 Å². The predicted molar refractivity (Wildman–Crippen MR) is 81.9 cm³/mol. The van der Waals surface area contributed by atoms with E-state index in [0.29, 0.717) is 17.9 Å². The number of hydrogen-bond acceptors (Lipinski definition) is 3. The van der Waals surface area contributed by atoms with Crippen LogP contribution < -0.4 is 5.56 Å². The summed E-state index contributed by atoms with van der Waals surface area (Å²) in [7, 11) is 0. The van der Waals surface area contributed by atoms with E-state index >= 15 is 0 Å². The molecule has 0 aliphatic rings. The molecule has 0 saturated heterocycles. The topological polar surface area (TPSA) is 58.6 Å². The first kappa shape index (κ1) is 13.2. The molecule has 0 atom stereocenters. The Hall–Kier alpha value is -2.75. The Kier molecular flexibility index (Phi) is 3.87. The highest BCUT2D eigenvalue weighted by Crippen LogP contribution is 2.14. The molecule has 0 fully saturated rings. The van der Waals surface area contributed by atoms with Gasteiger partial charge < -0.3 is 4.98 Å². The van der Waals surface area contributed by atoms with Gasteiger partial charge in [0.25, 0.3) is 5.56 Å². The van der Waals surface area contributed by atoms with Gasteiger partial charge in [0.1, 0.15) is 5.82 Å². The van der Waals surface area contributed by atoms with Crippen LogP contribution in [0.15, 0.2) is 65.7 Å². The normalized spacial score (nSPS) is 10.5. The summed E-state index contributed by atoms with van der Waals surface area (Å²) in [6.45, 7) is 0. The lowest BCUT2D eigenvalue weighted by Crippen LogP contribution is -2.12. The fraction of sp³-hybridized carbons (Fsp3) is 0.118. The summed E-state index contributed by atoms with van der Waals surface area (Å²) >= 11 is 0. The molecule has 1 N–H and O–H groups in total. The third-order valence-corrected chi connectivity index (χ3v) is 3.26. The number of H-pyrrole nitrogens is 1. The van der Waals surface area contributed by atoms with Crippen molar-refractivity contribution in [3.63, 3.8) is 0 Å². The molecule has 21 heavy (non-hydrogen) atoms. The van der Waals surface area contributed by atoms with Crippen molar-refractivity contribution in [3.8, 4) is 11.3 Å². The number of aromatic amines is 1. The van der Waals surface area contributed by atoms with Crippen molar-refractivity contribution in [2.24, 2.45) is 0 Å². The van der Waals surface area contributed by atoms with Gasteiger partial charge in [0.15, 0.2) is 0 Å². The molecule has 4 nitrogen and oxygen atoms in total. The van der Waals surface area contributed by atoms with Gasteiger partial charge in [-0.15, -0.1) is 0 Å². The SMILES string of the molecule is O=c1cc(-c2ccncc2)nc(CCc2ccccc2)[nH]1. The number of hydrogen-bond donors (Lipinski definition) is 1. The average molecular weight is 277 g/mol. The molecular weight excluding hydrogens is 262 g/mol. The maximum atomic E-state index is 11.8. The highest BCUT2D eigenvalue weighted by Gasteiger charge is 2.04. The van der Waals surface area contributed by atoms with E-state index in [2.05, 4.69) is 27.1 Å². The Morgan fingerprint density at radius 2 is 1.71 bits per heavy atom. The first-order chi connectivity index (χ1) is 10.3. The number of nitrogens with zero attached hydrogens (tertiary/aromatic N) is 2. The van der Waals surface area contributed by atoms with E-state index in [1.807, 2.05) is 30.3 Å². The second-order valence-electron chi connectivity index (χ2n) is 4.80. The van der Waals surface area contributed by atoms with Crippen molar-refractivity contribution in [2.45, 2.75) is 12.8 Å². The van der Waals surface area contributed by atoms with Crippen LogP contribution in [0.3, 0.4) is 0 Å². The van der Waals surface area contributed by atoms with E-state index in [9.17, 15) is 4.79 Å². The van der Waals surface area contributed by atoms with E-state index in [-0.39, 0.29) is 5.56 Å². The van der Waals surface area contributed by atoms with Gasteiger partial charge in [0, 0.05) is 30.4 Å². The Balaban J connectivity index is 1.83. The molecule has 2 aromatic heterocycles. The van der Waals surface area contributed by atoms with Crippen molar-refractivity contribution in [2.75, 3.05) is 0 Å². The van der Waals surface area contributed by atoms with Crippen molar-refractivity contribution < 1.29 is 0 Å². The van der Waals surface area contributed by atoms with Crippen LogP contribution in [0.1, 0.15) is 11.4 Å². The molecule has 4 heteroatoms. The molecular formula is C17H15N3O. The summed E-state index contributed by atoms with van der Waals surface area (Å²) in [5, 5.41) is 0. The van der Waals surface area contributed by atoms with Crippen LogP contribution in [-0.2, 0) is 12.8 Å². The lowest BCUT2D eigenvalue weighted by Gasteiger charge is -2.05. The summed E-state index contributed by atoms with van der Waals surface area (Å²) in [6, 6.07) is 15.4. The van der Waals surface area contributed by atoms with Gasteiger partial charge in [-0.1, -0.05) is 30.3 Å². The molecule has 0 saturated carbocycles.